The number of halogens is 1. The van der Waals surface area contributed by atoms with Gasteiger partial charge in [-0.2, -0.15) is 0 Å². The lowest BCUT2D eigenvalue weighted by atomic mass is 9.96. The van der Waals surface area contributed by atoms with Crippen LogP contribution in [0.2, 0.25) is 0 Å². The summed E-state index contributed by atoms with van der Waals surface area (Å²) in [7, 11) is -4.08. The molecule has 0 aliphatic carbocycles. The lowest BCUT2D eigenvalue weighted by Gasteiger charge is -2.31. The van der Waals surface area contributed by atoms with Gasteiger partial charge in [-0.05, 0) is 61.7 Å². The second-order valence-electron chi connectivity index (χ2n) is 8.65. The van der Waals surface area contributed by atoms with Crippen molar-refractivity contribution in [3.05, 3.63) is 89.6 Å². The number of benzene rings is 3. The van der Waals surface area contributed by atoms with Gasteiger partial charge >= 0.3 is 0 Å². The predicted octanol–water partition coefficient (Wildman–Crippen LogP) is 5.10. The van der Waals surface area contributed by atoms with Crippen molar-refractivity contribution in [2.24, 2.45) is 0 Å². The molecule has 4 aromatic rings. The van der Waals surface area contributed by atoms with Gasteiger partial charge in [0.2, 0.25) is 0 Å². The molecular formula is C26H24FN3O4S. The fourth-order valence-corrected chi connectivity index (χ4v) is 5.40. The molecule has 0 atom stereocenters. The molecule has 7 nitrogen and oxygen atoms in total. The van der Waals surface area contributed by atoms with E-state index in [0.717, 1.165) is 11.1 Å². The smallest absolute Gasteiger partial charge is 0.262 e. The number of carbonyl (C=O) groups is 1. The second kappa shape index (κ2) is 9.14. The molecule has 0 unspecified atom stereocenters. The maximum atomic E-state index is 14.0. The van der Waals surface area contributed by atoms with E-state index in [9.17, 15) is 17.6 Å². The molecule has 1 aliphatic rings. The number of aromatic nitrogens is 1. The van der Waals surface area contributed by atoms with Gasteiger partial charge in [0.1, 0.15) is 11.3 Å². The van der Waals surface area contributed by atoms with Gasteiger partial charge in [-0.3, -0.25) is 9.52 Å². The Morgan fingerprint density at radius 2 is 1.77 bits per heavy atom. The highest BCUT2D eigenvalue weighted by atomic mass is 32.2. The molecule has 1 saturated heterocycles. The van der Waals surface area contributed by atoms with Crippen molar-refractivity contribution in [3.63, 3.8) is 0 Å². The number of piperidine rings is 1. The second-order valence-corrected chi connectivity index (χ2v) is 10.3. The molecule has 35 heavy (non-hydrogen) atoms. The molecular weight excluding hydrogens is 469 g/mol. The van der Waals surface area contributed by atoms with Gasteiger partial charge in [-0.15, -0.1) is 0 Å². The van der Waals surface area contributed by atoms with E-state index in [1.165, 1.54) is 36.4 Å². The lowest BCUT2D eigenvalue weighted by Crippen LogP contribution is -2.38. The molecule has 1 amide bonds. The zero-order valence-corrected chi connectivity index (χ0v) is 19.9. The molecule has 3 aromatic carbocycles. The van der Waals surface area contributed by atoms with Crippen LogP contribution in [0.15, 0.2) is 76.0 Å². The highest BCUT2D eigenvalue weighted by molar-refractivity contribution is 7.92. The average molecular weight is 494 g/mol. The number of fused-ring (bicyclic) bond motifs is 1. The molecule has 2 heterocycles. The number of nitrogens with zero attached hydrogens (tertiary/aromatic N) is 2. The van der Waals surface area contributed by atoms with Crippen LogP contribution in [-0.2, 0) is 10.0 Å². The third-order valence-electron chi connectivity index (χ3n) is 6.31. The number of nitrogens with one attached hydrogen (secondary N) is 1. The van der Waals surface area contributed by atoms with Crippen LogP contribution in [0.4, 0.5) is 10.1 Å². The van der Waals surface area contributed by atoms with E-state index in [4.69, 9.17) is 4.42 Å². The van der Waals surface area contributed by atoms with Crippen LogP contribution in [-0.4, -0.2) is 37.3 Å². The molecule has 0 radical (unpaired) electrons. The summed E-state index contributed by atoms with van der Waals surface area (Å²) < 4.78 is 47.9. The number of hydrogen-bond acceptors (Lipinski definition) is 5. The number of para-hydroxylation sites is 3. The van der Waals surface area contributed by atoms with Crippen LogP contribution in [0, 0.1) is 12.7 Å². The number of hydrogen-bond donors (Lipinski definition) is 1. The number of oxazole rings is 1. The van der Waals surface area contributed by atoms with Gasteiger partial charge in [-0.25, -0.2) is 17.8 Å². The van der Waals surface area contributed by atoms with E-state index in [1.54, 1.807) is 17.9 Å². The third kappa shape index (κ3) is 4.64. The van der Waals surface area contributed by atoms with E-state index in [-0.39, 0.29) is 22.4 Å². The molecule has 180 valence electrons. The van der Waals surface area contributed by atoms with E-state index in [1.807, 2.05) is 24.3 Å². The standard InChI is InChI=1S/C26H24FN3O4S/c1-17-10-11-19(35(32,33)29-22-7-3-2-6-21(22)27)16-20(17)26(31)30-14-12-18(13-15-30)25-28-23-8-4-5-9-24(23)34-25/h2-11,16,18,29H,12-15H2,1H3. The molecule has 0 saturated carbocycles. The van der Waals surface area contributed by atoms with Crippen molar-refractivity contribution in [2.45, 2.75) is 30.6 Å². The minimum atomic E-state index is -4.08. The summed E-state index contributed by atoms with van der Waals surface area (Å²) in [5.41, 5.74) is 2.39. The monoisotopic (exact) mass is 493 g/mol. The highest BCUT2D eigenvalue weighted by Crippen LogP contribution is 2.31. The van der Waals surface area contributed by atoms with E-state index >= 15 is 0 Å². The van der Waals surface area contributed by atoms with Crippen molar-refractivity contribution < 1.29 is 22.0 Å². The summed E-state index contributed by atoms with van der Waals surface area (Å²) in [4.78, 5) is 19.5. The fourth-order valence-electron chi connectivity index (χ4n) is 4.31. The summed E-state index contributed by atoms with van der Waals surface area (Å²) >= 11 is 0. The normalized spacial score (nSPS) is 14.9. The van der Waals surface area contributed by atoms with Crippen LogP contribution in [0.25, 0.3) is 11.1 Å². The van der Waals surface area contributed by atoms with Crippen molar-refractivity contribution in [1.29, 1.82) is 0 Å². The van der Waals surface area contributed by atoms with Crippen LogP contribution >= 0.6 is 0 Å². The van der Waals surface area contributed by atoms with Gasteiger partial charge in [0.15, 0.2) is 11.5 Å². The Morgan fingerprint density at radius 1 is 1.06 bits per heavy atom. The topological polar surface area (TPSA) is 92.5 Å². The minimum Gasteiger partial charge on any atom is -0.440 e. The molecule has 1 fully saturated rings. The zero-order valence-electron chi connectivity index (χ0n) is 19.1. The number of sulfonamides is 1. The summed E-state index contributed by atoms with van der Waals surface area (Å²) in [5, 5.41) is 0. The SMILES string of the molecule is Cc1ccc(S(=O)(=O)Nc2ccccc2F)cc1C(=O)N1CCC(c2nc3ccccc3o2)CC1. The largest absolute Gasteiger partial charge is 0.440 e. The first-order chi connectivity index (χ1) is 16.8. The molecule has 1 aliphatic heterocycles. The molecule has 9 heteroatoms. The Morgan fingerprint density at radius 3 is 2.51 bits per heavy atom. The Bertz CT molecular complexity index is 1480. The first-order valence-corrected chi connectivity index (χ1v) is 12.8. The Hall–Kier alpha value is -3.72. The number of carbonyl (C=O) groups excluding carboxylic acids is 1. The van der Waals surface area contributed by atoms with Crippen LogP contribution in [0.1, 0.15) is 40.6 Å². The molecule has 5 rings (SSSR count). The fraction of sp³-hybridized carbons (Fsp3) is 0.231. The highest BCUT2D eigenvalue weighted by Gasteiger charge is 2.29. The maximum Gasteiger partial charge on any atom is 0.262 e. The number of likely N-dealkylation sites (tertiary alicyclic amines) is 1. The summed E-state index contributed by atoms with van der Waals surface area (Å²) in [6.45, 7) is 2.78. The first kappa shape index (κ1) is 23.0. The maximum absolute atomic E-state index is 14.0. The Balaban J connectivity index is 1.31. The van der Waals surface area contributed by atoms with Crippen molar-refractivity contribution >= 4 is 32.7 Å². The van der Waals surface area contributed by atoms with Gasteiger partial charge in [0.25, 0.3) is 15.9 Å². The first-order valence-electron chi connectivity index (χ1n) is 11.3. The van der Waals surface area contributed by atoms with Gasteiger partial charge in [0.05, 0.1) is 10.6 Å². The van der Waals surface area contributed by atoms with Crippen LogP contribution in [0.5, 0.6) is 0 Å². The van der Waals surface area contributed by atoms with Crippen LogP contribution in [0.3, 0.4) is 0 Å². The number of rotatable bonds is 5. The minimum absolute atomic E-state index is 0.101. The molecule has 0 spiro atoms. The van der Waals surface area contributed by atoms with E-state index in [2.05, 4.69) is 9.71 Å². The Labute approximate surface area is 202 Å². The molecule has 0 bridgehead atoms. The van der Waals surface area contributed by atoms with E-state index in [0.29, 0.717) is 42.9 Å². The molecule has 1 aromatic heterocycles. The summed E-state index contributed by atoms with van der Waals surface area (Å²) in [6, 6.07) is 17.5. The average Bonchev–Trinajstić information content (AvgIpc) is 3.30. The number of amides is 1. The van der Waals surface area contributed by atoms with Crippen LogP contribution < -0.4 is 4.72 Å². The van der Waals surface area contributed by atoms with Crippen molar-refractivity contribution in [3.8, 4) is 0 Å². The quantitative estimate of drug-likeness (QED) is 0.418. The molecule has 1 N–H and O–H groups in total. The summed E-state index contributed by atoms with van der Waals surface area (Å²) in [6.07, 6.45) is 1.40. The van der Waals surface area contributed by atoms with Gasteiger partial charge < -0.3 is 9.32 Å². The number of aryl methyl sites for hydroxylation is 1. The Kier molecular flexibility index (Phi) is 6.02. The van der Waals surface area contributed by atoms with Gasteiger partial charge in [0, 0.05) is 24.6 Å². The van der Waals surface area contributed by atoms with Crippen molar-refractivity contribution in [1.82, 2.24) is 9.88 Å². The van der Waals surface area contributed by atoms with Gasteiger partial charge in [-0.1, -0.05) is 30.3 Å². The zero-order chi connectivity index (χ0) is 24.6. The van der Waals surface area contributed by atoms with Crippen molar-refractivity contribution in [2.75, 3.05) is 17.8 Å². The predicted molar refractivity (Wildman–Crippen MR) is 130 cm³/mol. The lowest BCUT2D eigenvalue weighted by molar-refractivity contribution is 0.0705. The third-order valence-corrected chi connectivity index (χ3v) is 7.67. The summed E-state index contributed by atoms with van der Waals surface area (Å²) in [5.74, 6) is -0.117. The van der Waals surface area contributed by atoms with E-state index < -0.39 is 15.8 Å². The number of anilines is 1.